The van der Waals surface area contributed by atoms with E-state index in [9.17, 15) is 12.8 Å². The van der Waals surface area contributed by atoms with Crippen LogP contribution in [0.1, 0.15) is 12.5 Å². The summed E-state index contributed by atoms with van der Waals surface area (Å²) in [6, 6.07) is 10.2. The highest BCUT2D eigenvalue weighted by Crippen LogP contribution is 2.27. The molecule has 0 saturated heterocycles. The van der Waals surface area contributed by atoms with E-state index in [4.69, 9.17) is 4.74 Å². The van der Waals surface area contributed by atoms with Crippen LogP contribution >= 0.6 is 0 Å². The molecule has 0 amide bonds. The first kappa shape index (κ1) is 16.3. The first-order chi connectivity index (χ1) is 10.4. The van der Waals surface area contributed by atoms with Gasteiger partial charge in [-0.1, -0.05) is 6.07 Å². The van der Waals surface area contributed by atoms with E-state index in [1.807, 2.05) is 0 Å². The average Bonchev–Trinajstić information content (AvgIpc) is 2.47. The van der Waals surface area contributed by atoms with Gasteiger partial charge >= 0.3 is 0 Å². The Labute approximate surface area is 130 Å². The summed E-state index contributed by atoms with van der Waals surface area (Å²) in [6.07, 6.45) is 0. The molecular formula is C16H18FNO3S. The average molecular weight is 323 g/mol. The molecule has 2 aromatic rings. The van der Waals surface area contributed by atoms with Gasteiger partial charge in [0.2, 0.25) is 0 Å². The maximum absolute atomic E-state index is 13.4. The lowest BCUT2D eigenvalue weighted by atomic mass is 10.2. The molecule has 118 valence electrons. The number of nitrogens with zero attached hydrogens (tertiary/aromatic N) is 1. The second-order valence-corrected chi connectivity index (χ2v) is 6.64. The molecule has 22 heavy (non-hydrogen) atoms. The first-order valence-corrected chi connectivity index (χ1v) is 8.27. The molecule has 0 aliphatic heterocycles. The van der Waals surface area contributed by atoms with Crippen LogP contribution in [0, 0.1) is 12.7 Å². The van der Waals surface area contributed by atoms with E-state index < -0.39 is 15.8 Å². The molecule has 0 fully saturated rings. The van der Waals surface area contributed by atoms with E-state index in [0.29, 0.717) is 11.4 Å². The third kappa shape index (κ3) is 3.06. The maximum Gasteiger partial charge on any atom is 0.264 e. The molecular weight excluding hydrogens is 305 g/mol. The third-order valence-corrected chi connectivity index (χ3v) is 5.24. The largest absolute Gasteiger partial charge is 0.496 e. The van der Waals surface area contributed by atoms with Crippen LogP contribution in [0.25, 0.3) is 0 Å². The molecule has 2 aromatic carbocycles. The highest BCUT2D eigenvalue weighted by atomic mass is 32.2. The van der Waals surface area contributed by atoms with Gasteiger partial charge in [0.25, 0.3) is 10.0 Å². The number of benzene rings is 2. The summed E-state index contributed by atoms with van der Waals surface area (Å²) in [4.78, 5) is 0.150. The molecule has 4 nitrogen and oxygen atoms in total. The summed E-state index contributed by atoms with van der Waals surface area (Å²) in [7, 11) is -2.23. The summed E-state index contributed by atoms with van der Waals surface area (Å²) < 4.78 is 45.3. The van der Waals surface area contributed by atoms with Gasteiger partial charge in [0.05, 0.1) is 17.7 Å². The van der Waals surface area contributed by atoms with Gasteiger partial charge in [-0.15, -0.1) is 0 Å². The maximum atomic E-state index is 13.4. The lowest BCUT2D eigenvalue weighted by Gasteiger charge is -2.23. The molecule has 0 aromatic heterocycles. The second kappa shape index (κ2) is 6.36. The monoisotopic (exact) mass is 323 g/mol. The van der Waals surface area contributed by atoms with E-state index in [0.717, 1.165) is 5.56 Å². The zero-order valence-corrected chi connectivity index (χ0v) is 13.5. The van der Waals surface area contributed by atoms with Crippen LogP contribution in [0.3, 0.4) is 0 Å². The van der Waals surface area contributed by atoms with Gasteiger partial charge in [0.15, 0.2) is 0 Å². The molecule has 0 heterocycles. The van der Waals surface area contributed by atoms with Crippen LogP contribution in [0.5, 0.6) is 5.75 Å². The fourth-order valence-electron chi connectivity index (χ4n) is 2.26. The van der Waals surface area contributed by atoms with Gasteiger partial charge in [-0.25, -0.2) is 12.8 Å². The van der Waals surface area contributed by atoms with Crippen molar-refractivity contribution in [3.63, 3.8) is 0 Å². The Bertz CT molecular complexity index is 775. The van der Waals surface area contributed by atoms with Crippen molar-refractivity contribution in [3.8, 4) is 5.75 Å². The highest BCUT2D eigenvalue weighted by Gasteiger charge is 2.24. The zero-order chi connectivity index (χ0) is 16.3. The first-order valence-electron chi connectivity index (χ1n) is 6.83. The third-order valence-electron chi connectivity index (χ3n) is 3.34. The molecule has 2 rings (SSSR count). The molecule has 0 saturated carbocycles. The Hall–Kier alpha value is -2.08. The SMILES string of the molecule is CCN(c1cccc(F)c1)S(=O)(=O)c1ccc(OC)c(C)c1. The predicted molar refractivity (Wildman–Crippen MR) is 84.3 cm³/mol. The van der Waals surface area contributed by atoms with Crippen molar-refractivity contribution in [1.29, 1.82) is 0 Å². The number of hydrogen-bond acceptors (Lipinski definition) is 3. The number of hydrogen-bond donors (Lipinski definition) is 0. The van der Waals surface area contributed by atoms with Crippen LogP contribution in [0.15, 0.2) is 47.4 Å². The van der Waals surface area contributed by atoms with Crippen molar-refractivity contribution in [1.82, 2.24) is 0 Å². The number of halogens is 1. The molecule has 6 heteroatoms. The molecule has 0 N–H and O–H groups in total. The molecule has 0 aliphatic rings. The molecule has 0 atom stereocenters. The van der Waals surface area contributed by atoms with E-state index >= 15 is 0 Å². The quantitative estimate of drug-likeness (QED) is 0.847. The molecule has 0 radical (unpaired) electrons. The lowest BCUT2D eigenvalue weighted by Crippen LogP contribution is -2.30. The Morgan fingerprint density at radius 1 is 1.18 bits per heavy atom. The number of methoxy groups -OCH3 is 1. The van der Waals surface area contributed by atoms with Crippen molar-refractivity contribution in [2.75, 3.05) is 18.0 Å². The number of sulfonamides is 1. The van der Waals surface area contributed by atoms with Crippen LogP contribution in [0.4, 0.5) is 10.1 Å². The zero-order valence-electron chi connectivity index (χ0n) is 12.7. The van der Waals surface area contributed by atoms with Crippen molar-refractivity contribution >= 4 is 15.7 Å². The van der Waals surface area contributed by atoms with Crippen LogP contribution in [-0.4, -0.2) is 22.1 Å². The number of ether oxygens (including phenoxy) is 1. The Balaban J connectivity index is 2.49. The van der Waals surface area contributed by atoms with Crippen LogP contribution in [-0.2, 0) is 10.0 Å². The Morgan fingerprint density at radius 3 is 2.45 bits per heavy atom. The summed E-state index contributed by atoms with van der Waals surface area (Å²) >= 11 is 0. The molecule has 0 bridgehead atoms. The minimum absolute atomic E-state index is 0.150. The standard InChI is InChI=1S/C16H18FNO3S/c1-4-18(14-7-5-6-13(17)11-14)22(19,20)15-8-9-16(21-3)12(2)10-15/h5-11H,4H2,1-3H3. The van der Waals surface area contributed by atoms with E-state index in [1.165, 1.54) is 35.7 Å². The van der Waals surface area contributed by atoms with Crippen molar-refractivity contribution < 1.29 is 17.5 Å². The number of rotatable bonds is 5. The van der Waals surface area contributed by atoms with E-state index in [2.05, 4.69) is 0 Å². The lowest BCUT2D eigenvalue weighted by molar-refractivity contribution is 0.411. The number of aryl methyl sites for hydroxylation is 1. The van der Waals surface area contributed by atoms with Crippen molar-refractivity contribution in [3.05, 3.63) is 53.8 Å². The summed E-state index contributed by atoms with van der Waals surface area (Å²) in [5.41, 5.74) is 1.02. The summed E-state index contributed by atoms with van der Waals surface area (Å²) in [5, 5.41) is 0. The van der Waals surface area contributed by atoms with E-state index in [-0.39, 0.29) is 11.4 Å². The Morgan fingerprint density at radius 2 is 1.91 bits per heavy atom. The summed E-state index contributed by atoms with van der Waals surface area (Å²) in [5.74, 6) is 0.143. The number of anilines is 1. The van der Waals surface area contributed by atoms with Crippen LogP contribution < -0.4 is 9.04 Å². The van der Waals surface area contributed by atoms with E-state index in [1.54, 1.807) is 32.0 Å². The van der Waals surface area contributed by atoms with Gasteiger partial charge in [-0.05, 0) is 55.8 Å². The summed E-state index contributed by atoms with van der Waals surface area (Å²) in [6.45, 7) is 3.69. The fraction of sp³-hybridized carbons (Fsp3) is 0.250. The molecule has 0 spiro atoms. The second-order valence-electron chi connectivity index (χ2n) is 4.78. The van der Waals surface area contributed by atoms with Crippen molar-refractivity contribution in [2.24, 2.45) is 0 Å². The predicted octanol–water partition coefficient (Wildman–Crippen LogP) is 3.36. The van der Waals surface area contributed by atoms with Crippen molar-refractivity contribution in [2.45, 2.75) is 18.7 Å². The van der Waals surface area contributed by atoms with Gasteiger partial charge < -0.3 is 4.74 Å². The topological polar surface area (TPSA) is 46.6 Å². The Kier molecular flexibility index (Phi) is 4.71. The van der Waals surface area contributed by atoms with Gasteiger partial charge in [0, 0.05) is 6.54 Å². The fourth-order valence-corrected chi connectivity index (χ4v) is 3.81. The van der Waals surface area contributed by atoms with Gasteiger partial charge in [-0.2, -0.15) is 0 Å². The molecule has 0 aliphatic carbocycles. The molecule has 0 unspecified atom stereocenters. The minimum Gasteiger partial charge on any atom is -0.496 e. The smallest absolute Gasteiger partial charge is 0.264 e. The minimum atomic E-state index is -3.76. The highest BCUT2D eigenvalue weighted by molar-refractivity contribution is 7.92. The van der Waals surface area contributed by atoms with Gasteiger partial charge in [-0.3, -0.25) is 4.31 Å². The van der Waals surface area contributed by atoms with Crippen LogP contribution in [0.2, 0.25) is 0 Å². The normalized spacial score (nSPS) is 11.3. The van der Waals surface area contributed by atoms with Gasteiger partial charge in [0.1, 0.15) is 11.6 Å².